The van der Waals surface area contributed by atoms with Crippen LogP contribution in [0.4, 0.5) is 0 Å². The molecule has 136 valence electrons. The van der Waals surface area contributed by atoms with Gasteiger partial charge in [0.05, 0.1) is 16.6 Å². The quantitative estimate of drug-likeness (QED) is 0.398. The van der Waals surface area contributed by atoms with Crippen LogP contribution in [-0.2, 0) is 0 Å². The number of aryl methyl sites for hydroxylation is 1. The van der Waals surface area contributed by atoms with Crippen LogP contribution in [0.1, 0.15) is 5.56 Å². The molecule has 2 heterocycles. The zero-order chi connectivity index (χ0) is 19.3. The van der Waals surface area contributed by atoms with Gasteiger partial charge in [-0.3, -0.25) is 0 Å². The average Bonchev–Trinajstić information content (AvgIpc) is 3.10. The second kappa shape index (κ2) is 6.13. The molecule has 5 rings (SSSR count). The number of H-pyrrole nitrogens is 1. The number of rotatable bonds is 2. The summed E-state index contributed by atoms with van der Waals surface area (Å²) in [5.41, 5.74) is 5.35. The molecule has 0 saturated carbocycles. The highest BCUT2D eigenvalue weighted by Crippen LogP contribution is 2.45. The molecular weight excluding hydrogens is 350 g/mol. The Morgan fingerprint density at radius 3 is 2.18 bits per heavy atom. The van der Waals surface area contributed by atoms with Gasteiger partial charge in [-0.15, -0.1) is 0 Å². The number of aromatic nitrogens is 1. The van der Waals surface area contributed by atoms with Crippen LogP contribution in [0.15, 0.2) is 82.0 Å². The van der Waals surface area contributed by atoms with Gasteiger partial charge in [0.15, 0.2) is 0 Å². The Kier molecular flexibility index (Phi) is 3.59. The lowest BCUT2D eigenvalue weighted by molar-refractivity contribution is 0.479. The highest BCUT2D eigenvalue weighted by Gasteiger charge is 2.21. The van der Waals surface area contributed by atoms with E-state index in [9.17, 15) is 9.90 Å². The lowest BCUT2D eigenvalue weighted by Crippen LogP contribution is -1.98. The standard InChI is InChI=1S/C24H17NO3/c1-14-12-19(27)28-18-13-17(26)22-21(15-8-4-2-5-9-15)23(25-24(22)20(14)18)16-10-6-3-7-11-16/h2-13,25-26H,1H3. The molecule has 28 heavy (non-hydrogen) atoms. The van der Waals surface area contributed by atoms with Crippen molar-refractivity contribution >= 4 is 21.9 Å². The van der Waals surface area contributed by atoms with Crippen molar-refractivity contribution in [3.63, 3.8) is 0 Å². The molecule has 4 nitrogen and oxygen atoms in total. The van der Waals surface area contributed by atoms with Gasteiger partial charge in [-0.25, -0.2) is 4.79 Å². The van der Waals surface area contributed by atoms with E-state index in [1.807, 2.05) is 67.6 Å². The van der Waals surface area contributed by atoms with Crippen molar-refractivity contribution in [1.82, 2.24) is 4.98 Å². The van der Waals surface area contributed by atoms with Gasteiger partial charge in [-0.05, 0) is 23.6 Å². The van der Waals surface area contributed by atoms with E-state index in [1.54, 1.807) is 0 Å². The monoisotopic (exact) mass is 367 g/mol. The molecule has 0 bridgehead atoms. The van der Waals surface area contributed by atoms with Gasteiger partial charge in [0.25, 0.3) is 0 Å². The molecule has 5 aromatic rings. The number of hydrogen-bond donors (Lipinski definition) is 2. The third-order valence-electron chi connectivity index (χ3n) is 5.08. The Morgan fingerprint density at radius 1 is 0.857 bits per heavy atom. The van der Waals surface area contributed by atoms with Crippen molar-refractivity contribution in [3.05, 3.63) is 88.8 Å². The van der Waals surface area contributed by atoms with Crippen LogP contribution in [0.2, 0.25) is 0 Å². The fourth-order valence-electron chi connectivity index (χ4n) is 3.91. The first-order chi connectivity index (χ1) is 13.6. The molecule has 0 amide bonds. The molecule has 0 aliphatic carbocycles. The molecule has 0 aliphatic heterocycles. The molecule has 0 aliphatic rings. The summed E-state index contributed by atoms with van der Waals surface area (Å²) in [6.07, 6.45) is 0. The first-order valence-corrected chi connectivity index (χ1v) is 9.06. The van der Waals surface area contributed by atoms with E-state index >= 15 is 0 Å². The summed E-state index contributed by atoms with van der Waals surface area (Å²) in [7, 11) is 0. The van der Waals surface area contributed by atoms with Crippen LogP contribution in [0.25, 0.3) is 44.3 Å². The predicted molar refractivity (Wildman–Crippen MR) is 112 cm³/mol. The summed E-state index contributed by atoms with van der Waals surface area (Å²) >= 11 is 0. The van der Waals surface area contributed by atoms with Crippen LogP contribution >= 0.6 is 0 Å². The fourth-order valence-corrected chi connectivity index (χ4v) is 3.91. The number of aromatic hydroxyl groups is 1. The normalized spacial score (nSPS) is 11.3. The molecule has 3 aromatic carbocycles. The van der Waals surface area contributed by atoms with Crippen LogP contribution in [0, 0.1) is 6.92 Å². The highest BCUT2D eigenvalue weighted by molar-refractivity contribution is 6.16. The molecular formula is C24H17NO3. The van der Waals surface area contributed by atoms with Crippen molar-refractivity contribution in [2.75, 3.05) is 0 Å². The Hall–Kier alpha value is -3.79. The minimum atomic E-state index is -0.429. The maximum atomic E-state index is 11.8. The van der Waals surface area contributed by atoms with E-state index in [4.69, 9.17) is 4.42 Å². The summed E-state index contributed by atoms with van der Waals surface area (Å²) in [4.78, 5) is 15.3. The molecule has 4 heteroatoms. The zero-order valence-electron chi connectivity index (χ0n) is 15.2. The Balaban J connectivity index is 2.01. The lowest BCUT2D eigenvalue weighted by Gasteiger charge is -2.07. The predicted octanol–water partition coefficient (Wildman–Crippen LogP) is 5.62. The van der Waals surface area contributed by atoms with E-state index in [0.29, 0.717) is 5.58 Å². The van der Waals surface area contributed by atoms with Crippen LogP contribution in [0.5, 0.6) is 5.75 Å². The molecule has 0 unspecified atom stereocenters. The first kappa shape index (κ1) is 16.4. The Labute approximate surface area is 160 Å². The SMILES string of the molecule is Cc1cc(=O)oc2cc(O)c3c(-c4ccccc4)c(-c4ccccc4)[nH]c3c12. The fraction of sp³-hybridized carbons (Fsp3) is 0.0417. The number of aromatic amines is 1. The number of nitrogens with one attached hydrogen (secondary N) is 1. The maximum absolute atomic E-state index is 11.8. The minimum absolute atomic E-state index is 0.0773. The van der Waals surface area contributed by atoms with Crippen LogP contribution in [-0.4, -0.2) is 10.1 Å². The average molecular weight is 367 g/mol. The summed E-state index contributed by atoms with van der Waals surface area (Å²) in [5.74, 6) is 0.0773. The Bertz CT molecular complexity index is 1380. The lowest BCUT2D eigenvalue weighted by atomic mass is 9.97. The molecule has 0 radical (unpaired) electrons. The molecule has 0 spiro atoms. The van der Waals surface area contributed by atoms with Gasteiger partial charge in [0.1, 0.15) is 11.3 Å². The highest BCUT2D eigenvalue weighted by atomic mass is 16.4. The zero-order valence-corrected chi connectivity index (χ0v) is 15.2. The third kappa shape index (κ3) is 2.42. The minimum Gasteiger partial charge on any atom is -0.507 e. The third-order valence-corrected chi connectivity index (χ3v) is 5.08. The van der Waals surface area contributed by atoms with Crippen molar-refractivity contribution in [2.45, 2.75) is 6.92 Å². The van der Waals surface area contributed by atoms with Gasteiger partial charge in [0.2, 0.25) is 0 Å². The van der Waals surface area contributed by atoms with Crippen molar-refractivity contribution < 1.29 is 9.52 Å². The van der Waals surface area contributed by atoms with E-state index in [0.717, 1.165) is 44.2 Å². The van der Waals surface area contributed by atoms with Crippen molar-refractivity contribution in [2.24, 2.45) is 0 Å². The van der Waals surface area contributed by atoms with E-state index in [2.05, 4.69) is 4.98 Å². The molecule has 0 saturated heterocycles. The molecule has 2 N–H and O–H groups in total. The van der Waals surface area contributed by atoms with Crippen molar-refractivity contribution in [3.8, 4) is 28.1 Å². The number of phenols is 1. The number of fused-ring (bicyclic) bond motifs is 3. The first-order valence-electron chi connectivity index (χ1n) is 9.06. The molecule has 0 atom stereocenters. The topological polar surface area (TPSA) is 66.2 Å². The second-order valence-corrected chi connectivity index (χ2v) is 6.87. The summed E-state index contributed by atoms with van der Waals surface area (Å²) < 4.78 is 5.36. The summed E-state index contributed by atoms with van der Waals surface area (Å²) in [5, 5.41) is 12.4. The smallest absolute Gasteiger partial charge is 0.336 e. The van der Waals surface area contributed by atoms with E-state index < -0.39 is 5.63 Å². The largest absolute Gasteiger partial charge is 0.507 e. The van der Waals surface area contributed by atoms with Gasteiger partial charge < -0.3 is 14.5 Å². The van der Waals surface area contributed by atoms with E-state index in [1.165, 1.54) is 12.1 Å². The second-order valence-electron chi connectivity index (χ2n) is 6.87. The van der Waals surface area contributed by atoms with Gasteiger partial charge >= 0.3 is 5.63 Å². The summed E-state index contributed by atoms with van der Waals surface area (Å²) in [6, 6.07) is 23.0. The number of benzene rings is 3. The van der Waals surface area contributed by atoms with Gasteiger partial charge in [-0.1, -0.05) is 60.7 Å². The van der Waals surface area contributed by atoms with Gasteiger partial charge in [0, 0.05) is 23.1 Å². The Morgan fingerprint density at radius 2 is 1.50 bits per heavy atom. The van der Waals surface area contributed by atoms with E-state index in [-0.39, 0.29) is 5.75 Å². The van der Waals surface area contributed by atoms with Crippen molar-refractivity contribution in [1.29, 1.82) is 0 Å². The summed E-state index contributed by atoms with van der Waals surface area (Å²) in [6.45, 7) is 1.88. The van der Waals surface area contributed by atoms with Crippen LogP contribution in [0.3, 0.4) is 0 Å². The maximum Gasteiger partial charge on any atom is 0.336 e. The molecule has 2 aromatic heterocycles. The number of hydrogen-bond acceptors (Lipinski definition) is 3. The number of phenolic OH excluding ortho intramolecular Hbond substituents is 1. The molecule has 0 fully saturated rings. The van der Waals surface area contributed by atoms with Gasteiger partial charge in [-0.2, -0.15) is 0 Å². The van der Waals surface area contributed by atoms with Crippen LogP contribution < -0.4 is 5.63 Å².